The number of carbonyl (C=O) groups is 1. The standard InChI is InChI=1S/C16H23N3O2S/c1-2-18-7-9-19(10-8-18)16(20)14-4-3-6-17-15(14)21-13-5-11-22-12-13/h3-4,6,13H,2,5,7-12H2,1H3. The Bertz CT molecular complexity index is 512. The van der Waals surface area contributed by atoms with Crippen LogP contribution in [-0.4, -0.2) is 71.0 Å². The maximum atomic E-state index is 12.8. The number of rotatable bonds is 4. The highest BCUT2D eigenvalue weighted by Gasteiger charge is 2.26. The van der Waals surface area contributed by atoms with Crippen LogP contribution in [0.5, 0.6) is 5.88 Å². The molecular formula is C16H23N3O2S. The van der Waals surface area contributed by atoms with E-state index in [2.05, 4.69) is 16.8 Å². The van der Waals surface area contributed by atoms with Gasteiger partial charge in [0.2, 0.25) is 5.88 Å². The lowest BCUT2D eigenvalue weighted by Crippen LogP contribution is -2.48. The van der Waals surface area contributed by atoms with Crippen molar-refractivity contribution in [2.75, 3.05) is 44.2 Å². The lowest BCUT2D eigenvalue weighted by Gasteiger charge is -2.34. The summed E-state index contributed by atoms with van der Waals surface area (Å²) in [6.07, 6.45) is 2.91. The van der Waals surface area contributed by atoms with Crippen LogP contribution in [0.2, 0.25) is 0 Å². The summed E-state index contributed by atoms with van der Waals surface area (Å²) in [6, 6.07) is 3.64. The largest absolute Gasteiger partial charge is 0.473 e. The molecule has 1 atom stereocenters. The molecule has 3 rings (SSSR count). The molecule has 1 unspecified atom stereocenters. The SMILES string of the molecule is CCN1CCN(C(=O)c2cccnc2OC2CCSC2)CC1. The summed E-state index contributed by atoms with van der Waals surface area (Å²) < 4.78 is 5.97. The molecule has 2 aliphatic heterocycles. The lowest BCUT2D eigenvalue weighted by atomic mass is 10.2. The van der Waals surface area contributed by atoms with Gasteiger partial charge in [-0.1, -0.05) is 6.92 Å². The Kier molecular flexibility index (Phi) is 5.20. The zero-order valence-electron chi connectivity index (χ0n) is 13.0. The molecule has 2 fully saturated rings. The minimum absolute atomic E-state index is 0.0458. The topological polar surface area (TPSA) is 45.7 Å². The number of amides is 1. The molecule has 1 aromatic rings. The van der Waals surface area contributed by atoms with E-state index in [4.69, 9.17) is 4.74 Å². The molecule has 0 spiro atoms. The monoisotopic (exact) mass is 321 g/mol. The highest BCUT2D eigenvalue weighted by Crippen LogP contribution is 2.25. The van der Waals surface area contributed by atoms with Crippen LogP contribution in [0.15, 0.2) is 18.3 Å². The van der Waals surface area contributed by atoms with Gasteiger partial charge in [0.25, 0.3) is 5.91 Å². The average molecular weight is 321 g/mol. The Hall–Kier alpha value is -1.27. The van der Waals surface area contributed by atoms with E-state index < -0.39 is 0 Å². The van der Waals surface area contributed by atoms with E-state index in [1.807, 2.05) is 28.8 Å². The Balaban J connectivity index is 1.69. The molecule has 0 aromatic carbocycles. The number of ether oxygens (including phenoxy) is 1. The smallest absolute Gasteiger partial charge is 0.259 e. The molecule has 0 bridgehead atoms. The van der Waals surface area contributed by atoms with Gasteiger partial charge in [0.1, 0.15) is 11.7 Å². The van der Waals surface area contributed by atoms with Crippen molar-refractivity contribution < 1.29 is 9.53 Å². The van der Waals surface area contributed by atoms with Crippen LogP contribution in [0, 0.1) is 0 Å². The number of hydrogen-bond acceptors (Lipinski definition) is 5. The Morgan fingerprint density at radius 3 is 2.91 bits per heavy atom. The van der Waals surface area contributed by atoms with Crippen molar-refractivity contribution in [1.82, 2.24) is 14.8 Å². The van der Waals surface area contributed by atoms with Crippen molar-refractivity contribution in [3.63, 3.8) is 0 Å². The summed E-state index contributed by atoms with van der Waals surface area (Å²) in [5.74, 6) is 2.65. The van der Waals surface area contributed by atoms with Gasteiger partial charge >= 0.3 is 0 Å². The molecular weight excluding hydrogens is 298 g/mol. The van der Waals surface area contributed by atoms with E-state index in [0.717, 1.165) is 50.7 Å². The molecule has 0 aliphatic carbocycles. The predicted octanol–water partition coefficient (Wildman–Crippen LogP) is 1.74. The number of aromatic nitrogens is 1. The quantitative estimate of drug-likeness (QED) is 0.845. The molecule has 0 radical (unpaired) electrons. The van der Waals surface area contributed by atoms with Gasteiger partial charge in [-0.25, -0.2) is 4.98 Å². The third kappa shape index (κ3) is 3.55. The summed E-state index contributed by atoms with van der Waals surface area (Å²) in [4.78, 5) is 21.3. The first-order valence-corrected chi connectivity index (χ1v) is 9.14. The van der Waals surface area contributed by atoms with E-state index in [0.29, 0.717) is 11.4 Å². The van der Waals surface area contributed by atoms with Crippen LogP contribution >= 0.6 is 11.8 Å². The molecule has 1 aromatic heterocycles. The number of hydrogen-bond donors (Lipinski definition) is 0. The number of pyridine rings is 1. The first-order valence-electron chi connectivity index (χ1n) is 7.99. The van der Waals surface area contributed by atoms with Crippen LogP contribution in [0.3, 0.4) is 0 Å². The molecule has 120 valence electrons. The molecule has 3 heterocycles. The second-order valence-corrected chi connectivity index (χ2v) is 6.84. The van der Waals surface area contributed by atoms with Gasteiger partial charge in [0.15, 0.2) is 0 Å². The number of nitrogens with zero attached hydrogens (tertiary/aromatic N) is 3. The van der Waals surface area contributed by atoms with E-state index in [1.54, 1.807) is 6.20 Å². The average Bonchev–Trinajstić information content (AvgIpc) is 3.08. The van der Waals surface area contributed by atoms with Gasteiger partial charge in [-0.15, -0.1) is 0 Å². The third-order valence-corrected chi connectivity index (χ3v) is 5.41. The minimum atomic E-state index is 0.0458. The summed E-state index contributed by atoms with van der Waals surface area (Å²) in [7, 11) is 0. The number of carbonyl (C=O) groups excluding carboxylic acids is 1. The fourth-order valence-corrected chi connectivity index (χ4v) is 3.94. The van der Waals surface area contributed by atoms with E-state index >= 15 is 0 Å². The third-order valence-electron chi connectivity index (χ3n) is 4.27. The van der Waals surface area contributed by atoms with Crippen molar-refractivity contribution >= 4 is 17.7 Å². The summed E-state index contributed by atoms with van der Waals surface area (Å²) in [5.41, 5.74) is 0.601. The Labute approximate surface area is 136 Å². The van der Waals surface area contributed by atoms with Gasteiger partial charge in [0.05, 0.1) is 0 Å². The summed E-state index contributed by atoms with van der Waals surface area (Å²) in [5, 5.41) is 0. The van der Waals surface area contributed by atoms with Crippen molar-refractivity contribution in [2.45, 2.75) is 19.4 Å². The normalized spacial score (nSPS) is 22.8. The van der Waals surface area contributed by atoms with Crippen molar-refractivity contribution in [2.24, 2.45) is 0 Å². The van der Waals surface area contributed by atoms with Crippen LogP contribution in [0.1, 0.15) is 23.7 Å². The molecule has 0 saturated carbocycles. The second kappa shape index (κ2) is 7.33. The second-order valence-electron chi connectivity index (χ2n) is 5.69. The zero-order chi connectivity index (χ0) is 15.4. The summed E-state index contributed by atoms with van der Waals surface area (Å²) in [6.45, 7) is 6.64. The fourth-order valence-electron chi connectivity index (χ4n) is 2.85. The van der Waals surface area contributed by atoms with E-state index in [1.165, 1.54) is 0 Å². The van der Waals surface area contributed by atoms with Crippen LogP contribution in [0.4, 0.5) is 0 Å². The first-order chi connectivity index (χ1) is 10.8. The maximum absolute atomic E-state index is 12.8. The first kappa shape index (κ1) is 15.6. The van der Waals surface area contributed by atoms with E-state index in [9.17, 15) is 4.79 Å². The zero-order valence-corrected chi connectivity index (χ0v) is 13.8. The van der Waals surface area contributed by atoms with Crippen molar-refractivity contribution in [3.8, 4) is 5.88 Å². The predicted molar refractivity (Wildman–Crippen MR) is 88.6 cm³/mol. The Morgan fingerprint density at radius 1 is 1.41 bits per heavy atom. The highest BCUT2D eigenvalue weighted by molar-refractivity contribution is 7.99. The molecule has 5 nitrogen and oxygen atoms in total. The van der Waals surface area contributed by atoms with Crippen molar-refractivity contribution in [1.29, 1.82) is 0 Å². The molecule has 22 heavy (non-hydrogen) atoms. The molecule has 6 heteroatoms. The maximum Gasteiger partial charge on any atom is 0.259 e. The summed E-state index contributed by atoms with van der Waals surface area (Å²) >= 11 is 1.89. The number of piperazine rings is 1. The van der Waals surface area contributed by atoms with Crippen LogP contribution in [-0.2, 0) is 0 Å². The Morgan fingerprint density at radius 2 is 2.23 bits per heavy atom. The van der Waals surface area contributed by atoms with Crippen LogP contribution in [0.25, 0.3) is 0 Å². The van der Waals surface area contributed by atoms with Gasteiger partial charge in [-0.05, 0) is 30.9 Å². The number of thioether (sulfide) groups is 1. The molecule has 2 aliphatic rings. The minimum Gasteiger partial charge on any atom is -0.473 e. The van der Waals surface area contributed by atoms with Gasteiger partial charge < -0.3 is 14.5 Å². The fraction of sp³-hybridized carbons (Fsp3) is 0.625. The lowest BCUT2D eigenvalue weighted by molar-refractivity contribution is 0.0636. The number of likely N-dealkylation sites (N-methyl/N-ethyl adjacent to an activating group) is 1. The van der Waals surface area contributed by atoms with Gasteiger partial charge in [-0.3, -0.25) is 4.79 Å². The molecule has 2 saturated heterocycles. The molecule has 1 amide bonds. The van der Waals surface area contributed by atoms with Gasteiger partial charge in [0, 0.05) is 38.1 Å². The van der Waals surface area contributed by atoms with E-state index in [-0.39, 0.29) is 12.0 Å². The van der Waals surface area contributed by atoms with Gasteiger partial charge in [-0.2, -0.15) is 11.8 Å². The van der Waals surface area contributed by atoms with Crippen molar-refractivity contribution in [3.05, 3.63) is 23.9 Å². The highest BCUT2D eigenvalue weighted by atomic mass is 32.2. The van der Waals surface area contributed by atoms with Crippen LogP contribution < -0.4 is 4.74 Å². The molecule has 0 N–H and O–H groups in total.